The first-order chi connectivity index (χ1) is 14.4. The smallest absolute Gasteiger partial charge is 0.272 e. The molecule has 1 amide bonds. The lowest BCUT2D eigenvalue weighted by Crippen LogP contribution is -2.47. The number of benzene rings is 1. The molecule has 3 rings (SSSR count). The molecule has 158 valence electrons. The van der Waals surface area contributed by atoms with Gasteiger partial charge in [0.2, 0.25) is 0 Å². The van der Waals surface area contributed by atoms with Gasteiger partial charge in [-0.1, -0.05) is 12.1 Å². The molecule has 30 heavy (non-hydrogen) atoms. The van der Waals surface area contributed by atoms with Gasteiger partial charge in [-0.3, -0.25) is 19.7 Å². The first-order valence-electron chi connectivity index (χ1n) is 10.2. The van der Waals surface area contributed by atoms with Gasteiger partial charge in [0.15, 0.2) is 0 Å². The predicted octanol–water partition coefficient (Wildman–Crippen LogP) is 3.72. The summed E-state index contributed by atoms with van der Waals surface area (Å²) < 4.78 is 0. The molecular weight excluding hydrogens is 376 g/mol. The molecule has 1 unspecified atom stereocenters. The molecule has 1 saturated heterocycles. The maximum atomic E-state index is 12.2. The summed E-state index contributed by atoms with van der Waals surface area (Å²) in [7, 11) is 3.48. The van der Waals surface area contributed by atoms with E-state index in [1.165, 1.54) is 5.56 Å². The third-order valence-corrected chi connectivity index (χ3v) is 5.47. The lowest BCUT2D eigenvalue weighted by atomic mass is 10.0. The van der Waals surface area contributed by atoms with Gasteiger partial charge in [0.25, 0.3) is 5.91 Å². The SMILES string of the molecule is C=Nc1cc(C(C)N2CCN(c3cccc(C(=O)N(C)C)n3)CC2)ccc1/N=C\C. The van der Waals surface area contributed by atoms with E-state index in [4.69, 9.17) is 0 Å². The van der Waals surface area contributed by atoms with E-state index in [0.717, 1.165) is 43.4 Å². The van der Waals surface area contributed by atoms with Crippen LogP contribution in [0.4, 0.5) is 17.2 Å². The van der Waals surface area contributed by atoms with E-state index in [9.17, 15) is 4.79 Å². The molecule has 0 bridgehead atoms. The van der Waals surface area contributed by atoms with E-state index < -0.39 is 0 Å². The minimum absolute atomic E-state index is 0.0772. The van der Waals surface area contributed by atoms with Crippen molar-refractivity contribution >= 4 is 36.0 Å². The molecule has 7 heteroatoms. The Morgan fingerprint density at radius 1 is 1.17 bits per heavy atom. The lowest BCUT2D eigenvalue weighted by Gasteiger charge is -2.39. The number of amides is 1. The van der Waals surface area contributed by atoms with Gasteiger partial charge in [-0.25, -0.2) is 4.98 Å². The van der Waals surface area contributed by atoms with E-state index in [1.807, 2.05) is 25.1 Å². The molecule has 0 radical (unpaired) electrons. The fourth-order valence-corrected chi connectivity index (χ4v) is 3.67. The van der Waals surface area contributed by atoms with Crippen LogP contribution in [0, 0.1) is 0 Å². The standard InChI is InChI=1S/C23H30N6O/c1-6-25-19-11-10-18(16-21(19)24-3)17(2)28-12-14-29(15-13-28)22-9-7-8-20(26-22)23(30)27(4)5/h6-11,16-17H,3,12-15H2,1-2,4-5H3/b25-6-. The Labute approximate surface area is 178 Å². The van der Waals surface area contributed by atoms with Crippen LogP contribution in [0.1, 0.15) is 35.9 Å². The summed E-state index contributed by atoms with van der Waals surface area (Å²) in [5, 5.41) is 0. The number of anilines is 1. The normalized spacial score (nSPS) is 15.9. The summed E-state index contributed by atoms with van der Waals surface area (Å²) >= 11 is 0. The van der Waals surface area contributed by atoms with Crippen LogP contribution in [0.3, 0.4) is 0 Å². The topological polar surface area (TPSA) is 64.4 Å². The Balaban J connectivity index is 1.68. The highest BCUT2D eigenvalue weighted by atomic mass is 16.2. The predicted molar refractivity (Wildman–Crippen MR) is 124 cm³/mol. The highest BCUT2D eigenvalue weighted by molar-refractivity contribution is 5.92. The summed E-state index contributed by atoms with van der Waals surface area (Å²) in [6.07, 6.45) is 1.77. The monoisotopic (exact) mass is 406 g/mol. The largest absolute Gasteiger partial charge is 0.354 e. The molecule has 1 atom stereocenters. The fourth-order valence-electron chi connectivity index (χ4n) is 3.67. The Morgan fingerprint density at radius 2 is 1.90 bits per heavy atom. The third-order valence-electron chi connectivity index (χ3n) is 5.47. The number of rotatable bonds is 6. The van der Waals surface area contributed by atoms with Gasteiger partial charge in [-0.05, 0) is 50.4 Å². The number of aliphatic imine (C=N–C) groups is 2. The first-order valence-corrected chi connectivity index (χ1v) is 10.2. The number of hydrogen-bond donors (Lipinski definition) is 0. The minimum Gasteiger partial charge on any atom is -0.354 e. The van der Waals surface area contributed by atoms with Crippen LogP contribution in [0.25, 0.3) is 0 Å². The Kier molecular flexibility index (Phi) is 6.95. The maximum Gasteiger partial charge on any atom is 0.272 e. The van der Waals surface area contributed by atoms with Crippen molar-refractivity contribution in [2.24, 2.45) is 9.98 Å². The fraction of sp³-hybridized carbons (Fsp3) is 0.391. The van der Waals surface area contributed by atoms with Gasteiger partial charge in [0, 0.05) is 52.5 Å². The van der Waals surface area contributed by atoms with Crippen LogP contribution < -0.4 is 4.90 Å². The van der Waals surface area contributed by atoms with Crippen molar-refractivity contribution in [1.82, 2.24) is 14.8 Å². The van der Waals surface area contributed by atoms with Crippen molar-refractivity contribution in [3.63, 3.8) is 0 Å². The number of pyridine rings is 1. The van der Waals surface area contributed by atoms with E-state index in [2.05, 4.69) is 50.5 Å². The zero-order chi connectivity index (χ0) is 21.7. The van der Waals surface area contributed by atoms with Crippen LogP contribution in [0.2, 0.25) is 0 Å². The Morgan fingerprint density at radius 3 is 2.53 bits per heavy atom. The molecule has 1 aromatic carbocycles. The Hall–Kier alpha value is -3.06. The summed E-state index contributed by atoms with van der Waals surface area (Å²) in [6, 6.07) is 12.1. The zero-order valence-corrected chi connectivity index (χ0v) is 18.2. The van der Waals surface area contributed by atoms with Crippen molar-refractivity contribution in [2.45, 2.75) is 19.9 Å². The highest BCUT2D eigenvalue weighted by Crippen LogP contribution is 2.32. The van der Waals surface area contributed by atoms with Crippen LogP contribution in [-0.4, -0.2) is 73.9 Å². The van der Waals surface area contributed by atoms with Crippen LogP contribution in [0.15, 0.2) is 46.4 Å². The summed E-state index contributed by atoms with van der Waals surface area (Å²) in [4.78, 5) is 31.5. The third kappa shape index (κ3) is 4.74. The second kappa shape index (κ2) is 9.63. The molecule has 0 N–H and O–H groups in total. The molecule has 7 nitrogen and oxygen atoms in total. The van der Waals surface area contributed by atoms with Crippen LogP contribution in [0.5, 0.6) is 0 Å². The van der Waals surface area contributed by atoms with Gasteiger partial charge in [-0.2, -0.15) is 0 Å². The molecule has 0 spiro atoms. The summed E-state index contributed by atoms with van der Waals surface area (Å²) in [6.45, 7) is 11.4. The van der Waals surface area contributed by atoms with Crippen molar-refractivity contribution in [3.05, 3.63) is 47.7 Å². The van der Waals surface area contributed by atoms with Crippen LogP contribution >= 0.6 is 0 Å². The number of carbonyl (C=O) groups is 1. The number of nitrogens with zero attached hydrogens (tertiary/aromatic N) is 6. The summed E-state index contributed by atoms with van der Waals surface area (Å²) in [5.74, 6) is 0.779. The van der Waals surface area contributed by atoms with Gasteiger partial charge in [0.1, 0.15) is 11.5 Å². The molecule has 1 aliphatic rings. The number of piperazine rings is 1. The first kappa shape index (κ1) is 21.6. The molecule has 0 aliphatic carbocycles. The maximum absolute atomic E-state index is 12.2. The van der Waals surface area contributed by atoms with Crippen molar-refractivity contribution in [2.75, 3.05) is 45.2 Å². The quantitative estimate of drug-likeness (QED) is 0.686. The van der Waals surface area contributed by atoms with E-state index in [1.54, 1.807) is 31.3 Å². The molecule has 1 fully saturated rings. The zero-order valence-electron chi connectivity index (χ0n) is 18.2. The van der Waals surface area contributed by atoms with Crippen molar-refractivity contribution in [1.29, 1.82) is 0 Å². The molecule has 1 aliphatic heterocycles. The van der Waals surface area contributed by atoms with Crippen molar-refractivity contribution < 1.29 is 4.79 Å². The van der Waals surface area contributed by atoms with E-state index >= 15 is 0 Å². The molecule has 2 aromatic rings. The van der Waals surface area contributed by atoms with Gasteiger partial charge < -0.3 is 9.80 Å². The van der Waals surface area contributed by atoms with Crippen molar-refractivity contribution in [3.8, 4) is 0 Å². The van der Waals surface area contributed by atoms with Gasteiger partial charge >= 0.3 is 0 Å². The van der Waals surface area contributed by atoms with E-state index in [-0.39, 0.29) is 11.9 Å². The molecule has 1 aromatic heterocycles. The average molecular weight is 407 g/mol. The number of hydrogen-bond acceptors (Lipinski definition) is 6. The van der Waals surface area contributed by atoms with Gasteiger partial charge in [0.05, 0.1) is 11.4 Å². The average Bonchev–Trinajstić information content (AvgIpc) is 2.78. The van der Waals surface area contributed by atoms with E-state index in [0.29, 0.717) is 5.69 Å². The summed E-state index contributed by atoms with van der Waals surface area (Å²) in [5.41, 5.74) is 3.33. The minimum atomic E-state index is -0.0772. The molecule has 0 saturated carbocycles. The van der Waals surface area contributed by atoms with Crippen LogP contribution in [-0.2, 0) is 0 Å². The number of carbonyl (C=O) groups excluding carboxylic acids is 1. The second-order valence-corrected chi connectivity index (χ2v) is 7.57. The molecule has 2 heterocycles. The highest BCUT2D eigenvalue weighted by Gasteiger charge is 2.24. The van der Waals surface area contributed by atoms with Gasteiger partial charge in [-0.15, -0.1) is 0 Å². The molecular formula is C23H30N6O. The Bertz CT molecular complexity index is 931. The second-order valence-electron chi connectivity index (χ2n) is 7.57. The lowest BCUT2D eigenvalue weighted by molar-refractivity contribution is 0.0822. The number of aromatic nitrogens is 1.